The van der Waals surface area contributed by atoms with E-state index < -0.39 is 20.0 Å². The molecule has 2 aromatic heterocycles. The van der Waals surface area contributed by atoms with Gasteiger partial charge in [0.25, 0.3) is 10.0 Å². The molecule has 1 atom stereocenters. The molecule has 0 amide bonds. The molecule has 0 aliphatic carbocycles. The van der Waals surface area contributed by atoms with E-state index in [0.29, 0.717) is 28.6 Å². The lowest BCUT2D eigenvalue weighted by atomic mass is 10.0. The first kappa shape index (κ1) is 20.5. The molecular weight excluding hydrogens is 408 g/mol. The highest BCUT2D eigenvalue weighted by atomic mass is 32.2. The number of nitrogens with zero attached hydrogens (tertiary/aromatic N) is 2. The number of piperidine rings is 1. The fourth-order valence-corrected chi connectivity index (χ4v) is 7.73. The summed E-state index contributed by atoms with van der Waals surface area (Å²) in [6.07, 6.45) is 2.92. The van der Waals surface area contributed by atoms with Crippen molar-refractivity contribution >= 4 is 31.4 Å². The Bertz CT molecular complexity index is 962. The number of sulfonamides is 2. The second-order valence-corrected chi connectivity index (χ2v) is 11.4. The van der Waals surface area contributed by atoms with E-state index in [1.54, 1.807) is 31.4 Å². The maximum atomic E-state index is 12.9. The smallest absolute Gasteiger partial charge is 0.252 e. The third kappa shape index (κ3) is 4.27. The summed E-state index contributed by atoms with van der Waals surface area (Å²) in [5, 5.41) is 8.34. The van der Waals surface area contributed by atoms with E-state index in [1.807, 2.05) is 0 Å². The van der Waals surface area contributed by atoms with Crippen molar-refractivity contribution in [2.24, 2.45) is 0 Å². The molecule has 8 nitrogen and oxygen atoms in total. The van der Waals surface area contributed by atoms with Crippen LogP contribution in [0.3, 0.4) is 0 Å². The van der Waals surface area contributed by atoms with Crippen molar-refractivity contribution in [1.82, 2.24) is 19.2 Å². The highest BCUT2D eigenvalue weighted by molar-refractivity contribution is 7.91. The lowest BCUT2D eigenvalue weighted by Gasteiger charge is -2.34. The van der Waals surface area contributed by atoms with Gasteiger partial charge in [0.1, 0.15) is 9.10 Å². The van der Waals surface area contributed by atoms with Gasteiger partial charge in [-0.25, -0.2) is 21.6 Å². The Morgan fingerprint density at radius 1 is 1.30 bits per heavy atom. The van der Waals surface area contributed by atoms with Gasteiger partial charge in [-0.3, -0.25) is 5.10 Å². The Hall–Kier alpha value is -1.27. The van der Waals surface area contributed by atoms with Gasteiger partial charge in [0.05, 0.1) is 11.4 Å². The van der Waals surface area contributed by atoms with Crippen LogP contribution in [0.4, 0.5) is 0 Å². The van der Waals surface area contributed by atoms with E-state index in [9.17, 15) is 16.8 Å². The molecule has 0 radical (unpaired) electrons. The van der Waals surface area contributed by atoms with Gasteiger partial charge in [0.2, 0.25) is 10.0 Å². The van der Waals surface area contributed by atoms with Gasteiger partial charge < -0.3 is 0 Å². The molecule has 0 saturated carbocycles. The molecule has 3 heterocycles. The molecule has 3 rings (SSSR count). The van der Waals surface area contributed by atoms with Gasteiger partial charge in [-0.1, -0.05) is 12.5 Å². The molecule has 27 heavy (non-hydrogen) atoms. The fourth-order valence-electron chi connectivity index (χ4n) is 3.47. The van der Waals surface area contributed by atoms with E-state index >= 15 is 0 Å². The molecule has 1 aliphatic rings. The lowest BCUT2D eigenvalue weighted by Crippen LogP contribution is -2.44. The second-order valence-electron chi connectivity index (χ2n) is 6.65. The molecule has 150 valence electrons. The molecule has 2 aromatic rings. The summed E-state index contributed by atoms with van der Waals surface area (Å²) >= 11 is 1.20. The molecule has 0 aromatic carbocycles. The van der Waals surface area contributed by atoms with Crippen LogP contribution in [-0.2, 0) is 20.0 Å². The van der Waals surface area contributed by atoms with Crippen molar-refractivity contribution in [1.29, 1.82) is 0 Å². The summed E-state index contributed by atoms with van der Waals surface area (Å²) in [4.78, 5) is 0.161. The van der Waals surface area contributed by atoms with Gasteiger partial charge in [0, 0.05) is 19.1 Å². The van der Waals surface area contributed by atoms with Crippen LogP contribution in [0.15, 0.2) is 26.6 Å². The molecular formula is C16H24N4O4S3. The molecule has 0 spiro atoms. The minimum Gasteiger partial charge on any atom is -0.281 e. The molecule has 1 saturated heterocycles. The van der Waals surface area contributed by atoms with E-state index in [4.69, 9.17) is 0 Å². The monoisotopic (exact) mass is 432 g/mol. The fraction of sp³-hybridized carbons (Fsp3) is 0.562. The zero-order valence-electron chi connectivity index (χ0n) is 15.3. The van der Waals surface area contributed by atoms with Crippen LogP contribution in [0, 0.1) is 13.8 Å². The van der Waals surface area contributed by atoms with E-state index in [0.717, 1.165) is 19.3 Å². The van der Waals surface area contributed by atoms with Crippen LogP contribution in [0.5, 0.6) is 0 Å². The Balaban J connectivity index is 1.69. The third-order valence-electron chi connectivity index (χ3n) is 4.73. The molecule has 1 aliphatic heterocycles. The van der Waals surface area contributed by atoms with Gasteiger partial charge in [0.15, 0.2) is 0 Å². The first-order chi connectivity index (χ1) is 12.7. The zero-order chi connectivity index (χ0) is 19.7. The van der Waals surface area contributed by atoms with Crippen molar-refractivity contribution < 1.29 is 16.8 Å². The van der Waals surface area contributed by atoms with Crippen LogP contribution >= 0.6 is 11.3 Å². The summed E-state index contributed by atoms with van der Waals surface area (Å²) in [5.41, 5.74) is 0.902. The van der Waals surface area contributed by atoms with Crippen LogP contribution in [0.25, 0.3) is 0 Å². The first-order valence-electron chi connectivity index (χ1n) is 8.80. The number of aromatic nitrogens is 2. The molecule has 0 bridgehead atoms. The van der Waals surface area contributed by atoms with Gasteiger partial charge >= 0.3 is 0 Å². The normalized spacial score (nSPS) is 19.4. The van der Waals surface area contributed by atoms with E-state index in [-0.39, 0.29) is 17.5 Å². The molecule has 11 heteroatoms. The van der Waals surface area contributed by atoms with Crippen LogP contribution in [-0.4, -0.2) is 50.5 Å². The number of aryl methyl sites for hydroxylation is 2. The molecule has 0 unspecified atom stereocenters. The molecule has 2 N–H and O–H groups in total. The summed E-state index contributed by atoms with van der Waals surface area (Å²) in [7, 11) is -7.22. The Kier molecular flexibility index (Phi) is 6.06. The van der Waals surface area contributed by atoms with Crippen LogP contribution in [0.1, 0.15) is 37.1 Å². The van der Waals surface area contributed by atoms with Gasteiger partial charge in [-0.15, -0.1) is 11.3 Å². The Morgan fingerprint density at radius 3 is 2.70 bits per heavy atom. The highest BCUT2D eigenvalue weighted by Crippen LogP contribution is 2.29. The zero-order valence-corrected chi connectivity index (χ0v) is 17.8. The Morgan fingerprint density at radius 2 is 2.07 bits per heavy atom. The molecule has 1 fully saturated rings. The lowest BCUT2D eigenvalue weighted by molar-refractivity contribution is 0.242. The predicted molar refractivity (Wildman–Crippen MR) is 104 cm³/mol. The maximum Gasteiger partial charge on any atom is 0.252 e. The Labute approximate surface area is 164 Å². The largest absolute Gasteiger partial charge is 0.281 e. The van der Waals surface area contributed by atoms with Gasteiger partial charge in [-0.2, -0.15) is 9.40 Å². The second kappa shape index (κ2) is 8.00. The first-order valence-corrected chi connectivity index (χ1v) is 12.6. The number of hydrogen-bond donors (Lipinski definition) is 2. The number of rotatable bonds is 7. The number of H-pyrrole nitrogens is 1. The average Bonchev–Trinajstić information content (AvgIpc) is 3.26. The number of nitrogens with one attached hydrogen (secondary N) is 2. The predicted octanol–water partition coefficient (Wildman–Crippen LogP) is 2.00. The van der Waals surface area contributed by atoms with Crippen molar-refractivity contribution in [2.45, 2.75) is 54.7 Å². The third-order valence-corrected chi connectivity index (χ3v) is 9.78. The minimum atomic E-state index is -3.68. The average molecular weight is 433 g/mol. The van der Waals surface area contributed by atoms with E-state index in [1.165, 1.54) is 15.6 Å². The summed E-state index contributed by atoms with van der Waals surface area (Å²) in [5.74, 6) is 0. The van der Waals surface area contributed by atoms with Crippen molar-refractivity contribution in [3.05, 3.63) is 28.9 Å². The van der Waals surface area contributed by atoms with Crippen molar-refractivity contribution in [3.8, 4) is 0 Å². The van der Waals surface area contributed by atoms with E-state index in [2.05, 4.69) is 14.9 Å². The van der Waals surface area contributed by atoms with Gasteiger partial charge in [-0.05, 0) is 44.6 Å². The topological polar surface area (TPSA) is 112 Å². The summed E-state index contributed by atoms with van der Waals surface area (Å²) in [6.45, 7) is 3.94. The standard InChI is InChI=1S/C16H24N4O4S3/c1-12-16(13(2)19-18-12)26(21,22)17-9-8-14-6-3-4-10-20(14)27(23,24)15-7-5-11-25-15/h5,7,11,14,17H,3-4,6,8-10H2,1-2H3,(H,18,19)/t14-/m0/s1. The SMILES string of the molecule is Cc1n[nH]c(C)c1S(=O)(=O)NCC[C@@H]1CCCCN1S(=O)(=O)c1cccs1. The quantitative estimate of drug-likeness (QED) is 0.695. The number of hydrogen-bond acceptors (Lipinski definition) is 6. The number of thiophene rings is 1. The van der Waals surface area contributed by atoms with Crippen molar-refractivity contribution in [3.63, 3.8) is 0 Å². The summed E-state index contributed by atoms with van der Waals surface area (Å²) < 4.78 is 55.3. The van der Waals surface area contributed by atoms with Crippen molar-refractivity contribution in [2.75, 3.05) is 13.1 Å². The van der Waals surface area contributed by atoms with Crippen LogP contribution < -0.4 is 4.72 Å². The maximum absolute atomic E-state index is 12.9. The highest BCUT2D eigenvalue weighted by Gasteiger charge is 2.34. The minimum absolute atomic E-state index is 0.161. The number of aromatic amines is 1. The summed E-state index contributed by atoms with van der Waals surface area (Å²) in [6, 6.07) is 3.12. The van der Waals surface area contributed by atoms with Crippen LogP contribution in [0.2, 0.25) is 0 Å².